The third kappa shape index (κ3) is 4.24. The van der Waals surface area contributed by atoms with E-state index in [0.717, 1.165) is 23.1 Å². The van der Waals surface area contributed by atoms with Crippen LogP contribution in [0.4, 0.5) is 0 Å². The molecule has 0 amide bonds. The van der Waals surface area contributed by atoms with E-state index in [2.05, 4.69) is 26.2 Å². The Balaban J connectivity index is 1.68. The maximum atomic E-state index is 9.43. The highest BCUT2D eigenvalue weighted by molar-refractivity contribution is 5.64. The van der Waals surface area contributed by atoms with Crippen molar-refractivity contribution in [3.8, 4) is 40.4 Å². The van der Waals surface area contributed by atoms with Crippen molar-refractivity contribution in [2.45, 2.75) is 32.6 Å². The lowest BCUT2D eigenvalue weighted by Gasteiger charge is -2.15. The number of pyridine rings is 1. The van der Waals surface area contributed by atoms with Crippen LogP contribution in [-0.4, -0.2) is 31.7 Å². The van der Waals surface area contributed by atoms with Gasteiger partial charge in [0.2, 0.25) is 5.89 Å². The Morgan fingerprint density at radius 1 is 1.03 bits per heavy atom. The van der Waals surface area contributed by atoms with Gasteiger partial charge >= 0.3 is 0 Å². The number of hydrogen-bond acceptors (Lipinski definition) is 8. The molecule has 0 aliphatic carbocycles. The Morgan fingerprint density at radius 3 is 2.50 bits per heavy atom. The molecule has 0 atom stereocenters. The highest BCUT2D eigenvalue weighted by atomic mass is 16.4. The number of hydrogen-bond donors (Lipinski definition) is 1. The first-order valence-electron chi connectivity index (χ1n) is 10.3. The molecule has 0 aliphatic rings. The van der Waals surface area contributed by atoms with Gasteiger partial charge in [-0.2, -0.15) is 5.26 Å². The first kappa shape index (κ1) is 21.3. The summed E-state index contributed by atoms with van der Waals surface area (Å²) in [5, 5.41) is 17.8. The summed E-state index contributed by atoms with van der Waals surface area (Å²) in [6.45, 7) is 6.10. The SMILES string of the molecule is Cc1ncc(-c2ccnc(C(C)(C)C#N)c2)nc1-c1nnc(-c2ccc(CCN)cc2)o1. The second-order valence-corrected chi connectivity index (χ2v) is 8.00. The molecule has 4 aromatic rings. The van der Waals surface area contributed by atoms with Crippen molar-refractivity contribution in [1.29, 1.82) is 5.26 Å². The molecule has 3 aromatic heterocycles. The number of aryl methyl sites for hydroxylation is 1. The van der Waals surface area contributed by atoms with Gasteiger partial charge in [-0.25, -0.2) is 4.98 Å². The van der Waals surface area contributed by atoms with Crippen molar-refractivity contribution >= 4 is 0 Å². The molecular weight excluding hydrogens is 402 g/mol. The molecule has 0 bridgehead atoms. The van der Waals surface area contributed by atoms with Crippen LogP contribution in [-0.2, 0) is 11.8 Å². The third-order valence-electron chi connectivity index (χ3n) is 5.19. The first-order chi connectivity index (χ1) is 15.4. The minimum atomic E-state index is -0.710. The van der Waals surface area contributed by atoms with Gasteiger partial charge in [0.1, 0.15) is 5.69 Å². The predicted octanol–water partition coefficient (Wildman–Crippen LogP) is 3.87. The van der Waals surface area contributed by atoms with Crippen molar-refractivity contribution in [1.82, 2.24) is 25.1 Å². The molecule has 8 heteroatoms. The average Bonchev–Trinajstić information content (AvgIpc) is 3.30. The molecule has 0 saturated heterocycles. The quantitative estimate of drug-likeness (QED) is 0.493. The van der Waals surface area contributed by atoms with Crippen molar-refractivity contribution in [3.05, 3.63) is 65.7 Å². The van der Waals surface area contributed by atoms with Crippen LogP contribution in [0.5, 0.6) is 0 Å². The van der Waals surface area contributed by atoms with Gasteiger partial charge in [0.15, 0.2) is 0 Å². The van der Waals surface area contributed by atoms with Crippen molar-refractivity contribution in [2.24, 2.45) is 5.73 Å². The van der Waals surface area contributed by atoms with Crippen LogP contribution in [0.2, 0.25) is 0 Å². The Hall–Kier alpha value is -3.96. The molecule has 1 aromatic carbocycles. The van der Waals surface area contributed by atoms with Crippen LogP contribution >= 0.6 is 0 Å². The Labute approximate surface area is 186 Å². The molecule has 0 spiro atoms. The van der Waals surface area contributed by atoms with Crippen molar-refractivity contribution < 1.29 is 4.42 Å². The number of aromatic nitrogens is 5. The van der Waals surface area contributed by atoms with Gasteiger partial charge in [-0.1, -0.05) is 12.1 Å². The second kappa shape index (κ2) is 8.65. The summed E-state index contributed by atoms with van der Waals surface area (Å²) in [4.78, 5) is 13.5. The molecule has 0 saturated carbocycles. The standard InChI is InChI=1S/C24H23N7O/c1-15-21(23-31-30-22(32-23)17-6-4-16(5-7-17)8-10-25)29-19(13-28-15)18-9-11-27-20(12-18)24(2,3)14-26/h4-7,9,11-13H,8,10,25H2,1-3H3. The lowest BCUT2D eigenvalue weighted by molar-refractivity contribution is 0.581. The van der Waals surface area contributed by atoms with E-state index in [-0.39, 0.29) is 0 Å². The third-order valence-corrected chi connectivity index (χ3v) is 5.19. The zero-order valence-electron chi connectivity index (χ0n) is 18.2. The van der Waals surface area contributed by atoms with Crippen molar-refractivity contribution in [2.75, 3.05) is 6.54 Å². The smallest absolute Gasteiger partial charge is 0.268 e. The summed E-state index contributed by atoms with van der Waals surface area (Å²) in [6.07, 6.45) is 4.17. The van der Waals surface area contributed by atoms with E-state index in [1.54, 1.807) is 12.4 Å². The zero-order chi connectivity index (χ0) is 22.7. The number of nitrogens with zero attached hydrogens (tertiary/aromatic N) is 6. The van der Waals surface area contributed by atoms with Crippen LogP contribution in [0, 0.1) is 18.3 Å². The van der Waals surface area contributed by atoms with E-state index >= 15 is 0 Å². The Kier molecular flexibility index (Phi) is 5.75. The number of nitrogens with two attached hydrogens (primary N) is 1. The highest BCUT2D eigenvalue weighted by Gasteiger charge is 2.22. The lowest BCUT2D eigenvalue weighted by atomic mass is 9.90. The average molecular weight is 425 g/mol. The molecule has 0 radical (unpaired) electrons. The highest BCUT2D eigenvalue weighted by Crippen LogP contribution is 2.28. The van der Waals surface area contributed by atoms with E-state index in [1.165, 1.54) is 0 Å². The van der Waals surface area contributed by atoms with E-state index in [0.29, 0.717) is 41.1 Å². The summed E-state index contributed by atoms with van der Waals surface area (Å²) in [5.74, 6) is 0.706. The molecule has 0 unspecified atom stereocenters. The minimum absolute atomic E-state index is 0.296. The fourth-order valence-corrected chi connectivity index (χ4v) is 3.20. The van der Waals surface area contributed by atoms with Gasteiger partial charge in [-0.05, 0) is 63.6 Å². The first-order valence-corrected chi connectivity index (χ1v) is 10.3. The van der Waals surface area contributed by atoms with E-state index < -0.39 is 5.41 Å². The van der Waals surface area contributed by atoms with Crippen LogP contribution in [0.1, 0.15) is 30.8 Å². The number of rotatable bonds is 6. The van der Waals surface area contributed by atoms with Crippen LogP contribution in [0.25, 0.3) is 34.3 Å². The number of nitriles is 1. The molecule has 0 aliphatic heterocycles. The van der Waals surface area contributed by atoms with Gasteiger partial charge in [0.25, 0.3) is 5.89 Å². The molecule has 4 rings (SSSR count). The van der Waals surface area contributed by atoms with Gasteiger partial charge in [-0.3, -0.25) is 9.97 Å². The predicted molar refractivity (Wildman–Crippen MR) is 120 cm³/mol. The Bertz CT molecular complexity index is 1290. The summed E-state index contributed by atoms with van der Waals surface area (Å²) >= 11 is 0. The summed E-state index contributed by atoms with van der Waals surface area (Å²) in [7, 11) is 0. The van der Waals surface area contributed by atoms with Crippen molar-refractivity contribution in [3.63, 3.8) is 0 Å². The van der Waals surface area contributed by atoms with Gasteiger partial charge < -0.3 is 10.2 Å². The van der Waals surface area contributed by atoms with E-state index in [9.17, 15) is 5.26 Å². The molecule has 32 heavy (non-hydrogen) atoms. The maximum absolute atomic E-state index is 9.43. The fourth-order valence-electron chi connectivity index (χ4n) is 3.20. The lowest BCUT2D eigenvalue weighted by Crippen LogP contribution is -2.15. The normalized spacial score (nSPS) is 11.3. The van der Waals surface area contributed by atoms with Gasteiger partial charge in [0.05, 0.1) is 34.8 Å². The van der Waals surface area contributed by atoms with E-state index in [1.807, 2.05) is 57.2 Å². The fraction of sp³-hybridized carbons (Fsp3) is 0.250. The van der Waals surface area contributed by atoms with Crippen LogP contribution < -0.4 is 5.73 Å². The summed E-state index contributed by atoms with van der Waals surface area (Å²) in [6, 6.07) is 13.8. The maximum Gasteiger partial charge on any atom is 0.268 e. The molecule has 3 heterocycles. The van der Waals surface area contributed by atoms with E-state index in [4.69, 9.17) is 15.1 Å². The second-order valence-electron chi connectivity index (χ2n) is 8.00. The summed E-state index contributed by atoms with van der Waals surface area (Å²) < 4.78 is 5.92. The van der Waals surface area contributed by atoms with Crippen LogP contribution in [0.3, 0.4) is 0 Å². The topological polar surface area (TPSA) is 127 Å². The Morgan fingerprint density at radius 2 is 1.78 bits per heavy atom. The molecule has 8 nitrogen and oxygen atoms in total. The monoisotopic (exact) mass is 425 g/mol. The molecule has 0 fully saturated rings. The van der Waals surface area contributed by atoms with Crippen LogP contribution in [0.15, 0.2) is 53.2 Å². The minimum Gasteiger partial charge on any atom is -0.415 e. The van der Waals surface area contributed by atoms with Gasteiger partial charge in [0, 0.05) is 17.3 Å². The molecule has 160 valence electrons. The zero-order valence-corrected chi connectivity index (χ0v) is 18.2. The summed E-state index contributed by atoms with van der Waals surface area (Å²) in [5.41, 5.74) is 10.2. The van der Waals surface area contributed by atoms with Gasteiger partial charge in [-0.15, -0.1) is 10.2 Å². The largest absolute Gasteiger partial charge is 0.415 e. The molecule has 2 N–H and O–H groups in total. The molecular formula is C24H23N7O. The number of benzene rings is 1.